The lowest BCUT2D eigenvalue weighted by Gasteiger charge is -2.26. The lowest BCUT2D eigenvalue weighted by atomic mass is 9.92. The number of nitriles is 1. The number of rotatable bonds is 17. The zero-order valence-corrected chi connectivity index (χ0v) is 27.4. The largest absolute Gasteiger partial charge is 0.494 e. The van der Waals surface area contributed by atoms with Crippen molar-refractivity contribution in [3.8, 4) is 11.9 Å². The SMILES string of the molecule is CN(CCCCN(CCCOc1cccc(CN2CCCCC2)c1)C(=N)NC#N)CCC(c1ccc(Cl)cc1)c1ccccn1. The van der Waals surface area contributed by atoms with Gasteiger partial charge in [-0.25, -0.2) is 0 Å². The number of piperidine rings is 1. The van der Waals surface area contributed by atoms with E-state index in [-0.39, 0.29) is 11.9 Å². The molecule has 0 spiro atoms. The zero-order valence-electron chi connectivity index (χ0n) is 26.6. The first-order valence-electron chi connectivity index (χ1n) is 16.3. The summed E-state index contributed by atoms with van der Waals surface area (Å²) >= 11 is 6.15. The predicted octanol–water partition coefficient (Wildman–Crippen LogP) is 6.73. The van der Waals surface area contributed by atoms with Crippen LogP contribution in [0.1, 0.15) is 67.7 Å². The molecule has 0 aliphatic carbocycles. The van der Waals surface area contributed by atoms with Crippen LogP contribution in [-0.2, 0) is 6.54 Å². The standard InChI is InChI=1S/C36H48ClN7O/c1-42(25-18-34(35-13-3-4-19-40-35)31-14-16-32(37)17-15-31)20-7-8-23-44(36(39)41-29-38)24-10-26-45-33-12-9-11-30(27-33)28-43-21-5-2-6-22-43/h3-4,9,11-17,19,27,34H,2,5-8,10,18,20-26,28H2,1H3,(H2,39,41). The Hall–Kier alpha value is -3.64. The molecule has 1 unspecified atom stereocenters. The molecule has 4 rings (SSSR count). The van der Waals surface area contributed by atoms with Gasteiger partial charge in [-0.05, 0) is 119 Å². The van der Waals surface area contributed by atoms with Gasteiger partial charge in [0.1, 0.15) is 5.75 Å². The Morgan fingerprint density at radius 1 is 1.00 bits per heavy atom. The fourth-order valence-electron chi connectivity index (χ4n) is 5.93. The first kappa shape index (κ1) is 34.2. The maximum atomic E-state index is 9.10. The van der Waals surface area contributed by atoms with Gasteiger partial charge in [-0.15, -0.1) is 0 Å². The first-order chi connectivity index (χ1) is 22.0. The first-order valence-corrected chi connectivity index (χ1v) is 16.7. The van der Waals surface area contributed by atoms with Gasteiger partial charge in [-0.3, -0.25) is 20.6 Å². The molecule has 0 saturated carbocycles. The Morgan fingerprint density at radius 3 is 2.53 bits per heavy atom. The minimum atomic E-state index is 0.149. The molecular weight excluding hydrogens is 582 g/mol. The van der Waals surface area contributed by atoms with Crippen LogP contribution in [0.25, 0.3) is 0 Å². The van der Waals surface area contributed by atoms with Gasteiger partial charge >= 0.3 is 0 Å². The highest BCUT2D eigenvalue weighted by molar-refractivity contribution is 6.30. The van der Waals surface area contributed by atoms with Crippen molar-refractivity contribution in [2.45, 2.75) is 57.4 Å². The number of hydrogen-bond donors (Lipinski definition) is 2. The monoisotopic (exact) mass is 629 g/mol. The minimum absolute atomic E-state index is 0.149. The second kappa shape index (κ2) is 19.0. The second-order valence-corrected chi connectivity index (χ2v) is 12.4. The third kappa shape index (κ3) is 12.0. The smallest absolute Gasteiger partial charge is 0.204 e. The van der Waals surface area contributed by atoms with Crippen molar-refractivity contribution in [3.63, 3.8) is 0 Å². The number of pyridine rings is 1. The third-order valence-electron chi connectivity index (χ3n) is 8.42. The average Bonchev–Trinajstić information content (AvgIpc) is 3.06. The maximum Gasteiger partial charge on any atom is 0.204 e. The molecule has 2 aromatic carbocycles. The summed E-state index contributed by atoms with van der Waals surface area (Å²) in [5, 5.41) is 20.7. The predicted molar refractivity (Wildman–Crippen MR) is 183 cm³/mol. The topological polar surface area (TPSA) is 91.5 Å². The van der Waals surface area contributed by atoms with Crippen LogP contribution in [-0.4, -0.2) is 78.6 Å². The third-order valence-corrected chi connectivity index (χ3v) is 8.67. The number of benzene rings is 2. The molecular formula is C36H48ClN7O. The molecule has 1 aliphatic heterocycles. The van der Waals surface area contributed by atoms with Gasteiger partial charge in [0.2, 0.25) is 5.96 Å². The number of halogens is 1. The van der Waals surface area contributed by atoms with Crippen molar-refractivity contribution < 1.29 is 4.74 Å². The van der Waals surface area contributed by atoms with Crippen molar-refractivity contribution in [2.75, 3.05) is 52.9 Å². The highest BCUT2D eigenvalue weighted by Gasteiger charge is 2.17. The van der Waals surface area contributed by atoms with Crippen LogP contribution in [0.2, 0.25) is 5.02 Å². The average molecular weight is 630 g/mol. The Bertz CT molecular complexity index is 1330. The lowest BCUT2D eigenvalue weighted by Crippen LogP contribution is -2.40. The van der Waals surface area contributed by atoms with Crippen LogP contribution in [0.5, 0.6) is 5.75 Å². The van der Waals surface area contributed by atoms with E-state index in [0.29, 0.717) is 19.7 Å². The summed E-state index contributed by atoms with van der Waals surface area (Å²) in [5.41, 5.74) is 3.58. The number of unbranched alkanes of at least 4 members (excludes halogenated alkanes) is 1. The molecule has 2 heterocycles. The molecule has 1 atom stereocenters. The van der Waals surface area contributed by atoms with Crippen LogP contribution in [0, 0.1) is 16.9 Å². The van der Waals surface area contributed by atoms with E-state index < -0.39 is 0 Å². The fraction of sp³-hybridized carbons (Fsp3) is 0.472. The summed E-state index contributed by atoms with van der Waals surface area (Å²) in [7, 11) is 2.16. The molecule has 9 heteroatoms. The molecule has 0 radical (unpaired) electrons. The van der Waals surface area contributed by atoms with E-state index in [2.05, 4.69) is 63.5 Å². The van der Waals surface area contributed by atoms with Crippen LogP contribution in [0.4, 0.5) is 0 Å². The molecule has 1 fully saturated rings. The summed E-state index contributed by atoms with van der Waals surface area (Å²) in [6, 6.07) is 22.6. The number of aromatic nitrogens is 1. The summed E-state index contributed by atoms with van der Waals surface area (Å²) in [6.45, 7) is 7.17. The van der Waals surface area contributed by atoms with E-state index in [9.17, 15) is 0 Å². The van der Waals surface area contributed by atoms with Crippen molar-refractivity contribution in [1.29, 1.82) is 10.7 Å². The van der Waals surface area contributed by atoms with Crippen molar-refractivity contribution in [1.82, 2.24) is 25.0 Å². The number of ether oxygens (including phenoxy) is 1. The van der Waals surface area contributed by atoms with Crippen LogP contribution < -0.4 is 10.1 Å². The number of likely N-dealkylation sites (tertiary alicyclic amines) is 1. The van der Waals surface area contributed by atoms with Crippen LogP contribution >= 0.6 is 11.6 Å². The Labute approximate surface area is 274 Å². The number of nitrogens with one attached hydrogen (secondary N) is 2. The second-order valence-electron chi connectivity index (χ2n) is 11.9. The molecule has 1 saturated heterocycles. The summed E-state index contributed by atoms with van der Waals surface area (Å²) in [6.07, 6.45) is 11.3. The number of guanidine groups is 1. The molecule has 1 aliphatic rings. The number of nitrogens with zero attached hydrogens (tertiary/aromatic N) is 5. The zero-order chi connectivity index (χ0) is 31.7. The summed E-state index contributed by atoms with van der Waals surface area (Å²) in [4.78, 5) is 11.5. The summed E-state index contributed by atoms with van der Waals surface area (Å²) in [5.74, 6) is 1.25. The van der Waals surface area contributed by atoms with Gasteiger partial charge in [0.25, 0.3) is 0 Å². The highest BCUT2D eigenvalue weighted by Crippen LogP contribution is 2.28. The molecule has 0 bridgehead atoms. The molecule has 8 nitrogen and oxygen atoms in total. The quantitative estimate of drug-likeness (QED) is 0.0562. The Kier molecular flexibility index (Phi) is 14.5. The van der Waals surface area contributed by atoms with E-state index in [1.54, 1.807) is 0 Å². The molecule has 240 valence electrons. The van der Waals surface area contributed by atoms with E-state index >= 15 is 0 Å². The lowest BCUT2D eigenvalue weighted by molar-refractivity contribution is 0.220. The van der Waals surface area contributed by atoms with Gasteiger partial charge in [0, 0.05) is 42.5 Å². The summed E-state index contributed by atoms with van der Waals surface area (Å²) < 4.78 is 6.08. The maximum absolute atomic E-state index is 9.10. The van der Waals surface area contributed by atoms with Gasteiger partial charge in [-0.1, -0.05) is 48.4 Å². The van der Waals surface area contributed by atoms with E-state index in [1.165, 1.54) is 43.5 Å². The van der Waals surface area contributed by atoms with Gasteiger partial charge in [0.05, 0.1) is 6.61 Å². The fourth-order valence-corrected chi connectivity index (χ4v) is 6.06. The van der Waals surface area contributed by atoms with Gasteiger partial charge in [-0.2, -0.15) is 5.26 Å². The molecule has 3 aromatic rings. The van der Waals surface area contributed by atoms with E-state index in [1.807, 2.05) is 47.6 Å². The van der Waals surface area contributed by atoms with Crippen molar-refractivity contribution in [3.05, 3.63) is 94.8 Å². The normalized spacial score (nSPS) is 14.1. The molecule has 0 amide bonds. The minimum Gasteiger partial charge on any atom is -0.494 e. The van der Waals surface area contributed by atoms with Gasteiger partial charge < -0.3 is 14.5 Å². The Balaban J connectivity index is 1.18. The molecule has 1 aromatic heterocycles. The number of hydrogen-bond acceptors (Lipinski definition) is 6. The van der Waals surface area contributed by atoms with Crippen molar-refractivity contribution in [2.24, 2.45) is 0 Å². The van der Waals surface area contributed by atoms with E-state index in [4.69, 9.17) is 27.0 Å². The van der Waals surface area contributed by atoms with Crippen molar-refractivity contribution >= 4 is 17.6 Å². The highest BCUT2D eigenvalue weighted by atomic mass is 35.5. The van der Waals surface area contributed by atoms with Crippen LogP contribution in [0.3, 0.4) is 0 Å². The molecule has 45 heavy (non-hydrogen) atoms. The van der Waals surface area contributed by atoms with Crippen LogP contribution in [0.15, 0.2) is 72.9 Å². The Morgan fingerprint density at radius 2 is 1.78 bits per heavy atom. The van der Waals surface area contributed by atoms with E-state index in [0.717, 1.165) is 61.8 Å². The van der Waals surface area contributed by atoms with Gasteiger partial charge in [0.15, 0.2) is 6.19 Å². The molecule has 2 N–H and O–H groups in total.